The van der Waals surface area contributed by atoms with Crippen LogP contribution in [0.1, 0.15) is 27.4 Å². The molecule has 2 N–H and O–H groups in total. The van der Waals surface area contributed by atoms with E-state index in [2.05, 4.69) is 26.7 Å². The van der Waals surface area contributed by atoms with Gasteiger partial charge in [-0.3, -0.25) is 4.79 Å². The van der Waals surface area contributed by atoms with Gasteiger partial charge in [-0.1, -0.05) is 23.8 Å². The summed E-state index contributed by atoms with van der Waals surface area (Å²) in [5.74, 6) is 1.45. The molecule has 1 heterocycles. The molecule has 2 aromatic carbocycles. The molecule has 6 nitrogen and oxygen atoms in total. The first-order valence-electron chi connectivity index (χ1n) is 8.60. The van der Waals surface area contributed by atoms with Gasteiger partial charge in [0, 0.05) is 23.5 Å². The van der Waals surface area contributed by atoms with Crippen LogP contribution in [0.2, 0.25) is 0 Å². The quantitative estimate of drug-likeness (QED) is 0.703. The standard InChI is InChI=1S/C21H22N4O2/c1-13-8-9-18(14(2)10-13)25-20-12-19(22-15(3)23-20)21(26)24-16-6-5-7-17(11-16)27-4/h5-12H,1-4H3,(H,24,26)(H,22,23,25). The van der Waals surface area contributed by atoms with E-state index in [1.165, 1.54) is 5.56 Å². The highest BCUT2D eigenvalue weighted by Crippen LogP contribution is 2.22. The van der Waals surface area contributed by atoms with Crippen molar-refractivity contribution < 1.29 is 9.53 Å². The Kier molecular flexibility index (Phi) is 5.35. The number of ether oxygens (including phenoxy) is 1. The maximum Gasteiger partial charge on any atom is 0.274 e. The van der Waals surface area contributed by atoms with Crippen LogP contribution in [0.4, 0.5) is 17.2 Å². The number of rotatable bonds is 5. The molecule has 0 fully saturated rings. The number of hydrogen-bond acceptors (Lipinski definition) is 5. The van der Waals surface area contributed by atoms with Gasteiger partial charge in [-0.2, -0.15) is 0 Å². The molecular formula is C21H22N4O2. The SMILES string of the molecule is COc1cccc(NC(=O)c2cc(Nc3ccc(C)cc3C)nc(C)n2)c1. The first-order chi connectivity index (χ1) is 12.9. The molecule has 0 saturated heterocycles. The second kappa shape index (κ2) is 7.86. The van der Waals surface area contributed by atoms with Crippen LogP contribution < -0.4 is 15.4 Å². The van der Waals surface area contributed by atoms with E-state index >= 15 is 0 Å². The van der Waals surface area contributed by atoms with Crippen molar-refractivity contribution in [1.82, 2.24) is 9.97 Å². The van der Waals surface area contributed by atoms with Gasteiger partial charge < -0.3 is 15.4 Å². The Bertz CT molecular complexity index is 986. The molecule has 6 heteroatoms. The van der Waals surface area contributed by atoms with Crippen LogP contribution in [0.25, 0.3) is 0 Å². The second-order valence-corrected chi connectivity index (χ2v) is 6.32. The van der Waals surface area contributed by atoms with Crippen LogP contribution in [0, 0.1) is 20.8 Å². The molecule has 3 aromatic rings. The molecule has 1 amide bonds. The normalized spacial score (nSPS) is 10.4. The predicted octanol–water partition coefficient (Wildman–Crippen LogP) is 4.41. The lowest BCUT2D eigenvalue weighted by molar-refractivity contribution is 0.102. The number of methoxy groups -OCH3 is 1. The average molecular weight is 362 g/mol. The molecule has 138 valence electrons. The Balaban J connectivity index is 1.82. The highest BCUT2D eigenvalue weighted by atomic mass is 16.5. The van der Waals surface area contributed by atoms with Gasteiger partial charge in [-0.25, -0.2) is 9.97 Å². The zero-order valence-electron chi connectivity index (χ0n) is 15.8. The van der Waals surface area contributed by atoms with Crippen LogP contribution in [-0.2, 0) is 0 Å². The van der Waals surface area contributed by atoms with Crippen LogP contribution >= 0.6 is 0 Å². The lowest BCUT2D eigenvalue weighted by Gasteiger charge is -2.12. The van der Waals surface area contributed by atoms with Gasteiger partial charge in [-0.15, -0.1) is 0 Å². The maximum absolute atomic E-state index is 12.6. The molecule has 1 aromatic heterocycles. The van der Waals surface area contributed by atoms with E-state index in [9.17, 15) is 4.79 Å². The van der Waals surface area contributed by atoms with Crippen molar-refractivity contribution in [3.8, 4) is 5.75 Å². The third kappa shape index (κ3) is 4.61. The van der Waals surface area contributed by atoms with Crippen molar-refractivity contribution in [3.63, 3.8) is 0 Å². The molecule has 0 unspecified atom stereocenters. The van der Waals surface area contributed by atoms with E-state index in [4.69, 9.17) is 4.74 Å². The fourth-order valence-electron chi connectivity index (χ4n) is 2.74. The minimum Gasteiger partial charge on any atom is -0.497 e. The monoisotopic (exact) mass is 362 g/mol. The van der Waals surface area contributed by atoms with Gasteiger partial charge in [0.25, 0.3) is 5.91 Å². The topological polar surface area (TPSA) is 76.1 Å². The summed E-state index contributed by atoms with van der Waals surface area (Å²) < 4.78 is 5.18. The molecule has 0 radical (unpaired) electrons. The Morgan fingerprint density at radius 1 is 1.00 bits per heavy atom. The predicted molar refractivity (Wildman–Crippen MR) is 107 cm³/mol. The molecule has 0 bridgehead atoms. The molecule has 27 heavy (non-hydrogen) atoms. The van der Waals surface area contributed by atoms with E-state index in [1.54, 1.807) is 32.2 Å². The van der Waals surface area contributed by atoms with E-state index < -0.39 is 0 Å². The third-order valence-corrected chi connectivity index (χ3v) is 4.04. The van der Waals surface area contributed by atoms with Gasteiger partial charge in [0.1, 0.15) is 23.1 Å². The Labute approximate surface area is 158 Å². The van der Waals surface area contributed by atoms with Gasteiger partial charge in [0.15, 0.2) is 0 Å². The number of aromatic nitrogens is 2. The van der Waals surface area contributed by atoms with E-state index in [0.29, 0.717) is 23.1 Å². The summed E-state index contributed by atoms with van der Waals surface area (Å²) in [6, 6.07) is 14.9. The summed E-state index contributed by atoms with van der Waals surface area (Å²) in [6.07, 6.45) is 0. The third-order valence-electron chi connectivity index (χ3n) is 4.04. The molecule has 0 aliphatic carbocycles. The van der Waals surface area contributed by atoms with Crippen molar-refractivity contribution in [2.75, 3.05) is 17.7 Å². The fraction of sp³-hybridized carbons (Fsp3) is 0.190. The van der Waals surface area contributed by atoms with Crippen molar-refractivity contribution >= 4 is 23.1 Å². The fourth-order valence-corrected chi connectivity index (χ4v) is 2.74. The zero-order chi connectivity index (χ0) is 19.4. The molecule has 0 atom stereocenters. The number of hydrogen-bond donors (Lipinski definition) is 2. The number of amides is 1. The van der Waals surface area contributed by atoms with Gasteiger partial charge in [-0.05, 0) is 44.5 Å². The maximum atomic E-state index is 12.6. The van der Waals surface area contributed by atoms with Crippen molar-refractivity contribution in [3.05, 3.63) is 71.2 Å². The number of benzene rings is 2. The molecule has 0 aliphatic rings. The number of anilines is 3. The lowest BCUT2D eigenvalue weighted by atomic mass is 10.1. The van der Waals surface area contributed by atoms with Crippen molar-refractivity contribution in [2.24, 2.45) is 0 Å². The van der Waals surface area contributed by atoms with Crippen LogP contribution in [0.15, 0.2) is 48.5 Å². The van der Waals surface area contributed by atoms with Crippen LogP contribution in [-0.4, -0.2) is 23.0 Å². The minimum absolute atomic E-state index is 0.289. The van der Waals surface area contributed by atoms with Gasteiger partial charge >= 0.3 is 0 Å². The summed E-state index contributed by atoms with van der Waals surface area (Å²) >= 11 is 0. The zero-order valence-corrected chi connectivity index (χ0v) is 15.8. The second-order valence-electron chi connectivity index (χ2n) is 6.32. The van der Waals surface area contributed by atoms with Crippen molar-refractivity contribution in [1.29, 1.82) is 0 Å². The molecule has 0 aliphatic heterocycles. The summed E-state index contributed by atoms with van der Waals surface area (Å²) in [5, 5.41) is 6.10. The minimum atomic E-state index is -0.308. The number of nitrogens with zero attached hydrogens (tertiary/aromatic N) is 2. The molecule has 0 saturated carbocycles. The van der Waals surface area contributed by atoms with E-state index in [-0.39, 0.29) is 11.6 Å². The summed E-state index contributed by atoms with van der Waals surface area (Å²) in [4.78, 5) is 21.3. The Hall–Kier alpha value is -3.41. The van der Waals surface area contributed by atoms with Gasteiger partial charge in [0.05, 0.1) is 7.11 Å². The highest BCUT2D eigenvalue weighted by Gasteiger charge is 2.12. The number of aryl methyl sites for hydroxylation is 3. The van der Waals surface area contributed by atoms with E-state index in [0.717, 1.165) is 11.3 Å². The molecule has 3 rings (SSSR count). The molecular weight excluding hydrogens is 340 g/mol. The number of carbonyl (C=O) groups excluding carboxylic acids is 1. The van der Waals surface area contributed by atoms with Crippen LogP contribution in [0.5, 0.6) is 5.75 Å². The largest absolute Gasteiger partial charge is 0.497 e. The van der Waals surface area contributed by atoms with Crippen LogP contribution in [0.3, 0.4) is 0 Å². The summed E-state index contributed by atoms with van der Waals surface area (Å²) in [7, 11) is 1.58. The number of nitrogens with one attached hydrogen (secondary N) is 2. The highest BCUT2D eigenvalue weighted by molar-refractivity contribution is 6.03. The first kappa shape index (κ1) is 18.4. The Morgan fingerprint density at radius 2 is 1.81 bits per heavy atom. The number of carbonyl (C=O) groups is 1. The summed E-state index contributed by atoms with van der Waals surface area (Å²) in [6.45, 7) is 5.84. The lowest BCUT2D eigenvalue weighted by Crippen LogP contribution is -2.15. The van der Waals surface area contributed by atoms with Gasteiger partial charge in [0.2, 0.25) is 0 Å². The van der Waals surface area contributed by atoms with E-state index in [1.807, 2.05) is 38.1 Å². The smallest absolute Gasteiger partial charge is 0.274 e. The average Bonchev–Trinajstić information content (AvgIpc) is 2.64. The first-order valence-corrected chi connectivity index (χ1v) is 8.60. The van der Waals surface area contributed by atoms with Crippen molar-refractivity contribution in [2.45, 2.75) is 20.8 Å². The Morgan fingerprint density at radius 3 is 2.56 bits per heavy atom. The summed E-state index contributed by atoms with van der Waals surface area (Å²) in [5.41, 5.74) is 4.17. The molecule has 0 spiro atoms.